The molecule has 3 aliphatic carbocycles. The van der Waals surface area contributed by atoms with Gasteiger partial charge in [-0.1, -0.05) is 66.7 Å². The van der Waals surface area contributed by atoms with Gasteiger partial charge in [0.05, 0.1) is 12.0 Å². The first-order valence-corrected chi connectivity index (χ1v) is 14.8. The van der Waals surface area contributed by atoms with Crippen molar-refractivity contribution in [1.82, 2.24) is 4.90 Å². The predicted octanol–water partition coefficient (Wildman–Crippen LogP) is 6.58. The van der Waals surface area contributed by atoms with Crippen molar-refractivity contribution in [1.29, 1.82) is 0 Å². The van der Waals surface area contributed by atoms with Gasteiger partial charge in [-0.05, 0) is 61.4 Å². The molecule has 0 unspecified atom stereocenters. The number of ether oxygens (including phenoxy) is 2. The lowest BCUT2D eigenvalue weighted by Crippen LogP contribution is -2.75. The van der Waals surface area contributed by atoms with Crippen LogP contribution in [0.25, 0.3) is 17.0 Å². The summed E-state index contributed by atoms with van der Waals surface area (Å²) in [7, 11) is 0. The van der Waals surface area contributed by atoms with Gasteiger partial charge in [-0.15, -0.1) is 0 Å². The number of benzene rings is 3. The minimum atomic E-state index is -0.502. The van der Waals surface area contributed by atoms with Crippen LogP contribution < -0.4 is 4.74 Å². The Bertz CT molecular complexity index is 1670. The molecule has 202 valence electrons. The quantitative estimate of drug-likeness (QED) is 0.305. The van der Waals surface area contributed by atoms with Crippen molar-refractivity contribution in [3.8, 4) is 11.5 Å². The highest BCUT2D eigenvalue weighted by Crippen LogP contribution is 2.70. The van der Waals surface area contributed by atoms with Gasteiger partial charge in [-0.3, -0.25) is 4.90 Å². The predicted molar refractivity (Wildman–Crippen MR) is 154 cm³/mol. The maximum absolute atomic E-state index is 11.1. The summed E-state index contributed by atoms with van der Waals surface area (Å²) < 4.78 is 20.8. The number of rotatable bonds is 6. The average Bonchev–Trinajstić information content (AvgIpc) is 3.62. The molecule has 2 fully saturated rings. The molecule has 0 radical (unpaired) electrons. The van der Waals surface area contributed by atoms with E-state index < -0.39 is 11.0 Å². The van der Waals surface area contributed by atoms with Crippen molar-refractivity contribution in [2.45, 2.75) is 55.3 Å². The van der Waals surface area contributed by atoms with Crippen LogP contribution in [0, 0.1) is 5.92 Å². The van der Waals surface area contributed by atoms with Crippen LogP contribution >= 0.6 is 0 Å². The fourth-order valence-electron chi connectivity index (χ4n) is 8.61. The summed E-state index contributed by atoms with van der Waals surface area (Å²) in [5.41, 5.74) is 4.82. The molecule has 5 nitrogen and oxygen atoms in total. The zero-order valence-corrected chi connectivity index (χ0v) is 22.5. The van der Waals surface area contributed by atoms with Crippen LogP contribution in [-0.2, 0) is 23.0 Å². The third-order valence-electron chi connectivity index (χ3n) is 10.4. The fraction of sp³-hybridized carbons (Fsp3) is 0.371. The highest BCUT2D eigenvalue weighted by Gasteiger charge is 2.74. The van der Waals surface area contributed by atoms with Crippen molar-refractivity contribution in [2.24, 2.45) is 5.92 Å². The number of likely N-dealkylation sites (tertiary alicyclic amines) is 1. The summed E-state index contributed by atoms with van der Waals surface area (Å²) >= 11 is 0. The van der Waals surface area contributed by atoms with Gasteiger partial charge in [0.15, 0.2) is 17.6 Å². The lowest BCUT2D eigenvalue weighted by molar-refractivity contribution is -0.201. The summed E-state index contributed by atoms with van der Waals surface area (Å²) in [5, 5.41) is 12.2. The highest BCUT2D eigenvalue weighted by atomic mass is 16.5. The smallest absolute Gasteiger partial charge is 0.169 e. The molecule has 5 aliphatic rings. The lowest BCUT2D eigenvalue weighted by Gasteiger charge is -2.64. The molecule has 0 amide bonds. The molecule has 9 rings (SSSR count). The summed E-state index contributed by atoms with van der Waals surface area (Å²) in [4.78, 5) is 2.74. The van der Waals surface area contributed by atoms with E-state index in [0.29, 0.717) is 12.4 Å². The Balaban J connectivity index is 1.25. The minimum Gasteiger partial charge on any atom is -0.504 e. The number of furan rings is 1. The topological polar surface area (TPSA) is 55.1 Å². The molecule has 40 heavy (non-hydrogen) atoms. The molecule has 1 aromatic heterocycles. The molecule has 2 aliphatic heterocycles. The number of para-hydroxylation sites is 1. The van der Waals surface area contributed by atoms with E-state index in [9.17, 15) is 5.11 Å². The van der Waals surface area contributed by atoms with E-state index in [1.54, 1.807) is 0 Å². The average molecular weight is 532 g/mol. The SMILES string of the molecule is Oc1ccc2c3c1O[C@H]1c4oc5ccccc5c4C[C@@]4(OC/C=C/c5ccccc5)[C@@H](C2)N(CC2CC2)CC[C@]314. The number of piperidine rings is 1. The van der Waals surface area contributed by atoms with Crippen LogP contribution in [0.2, 0.25) is 0 Å². The first kappa shape index (κ1) is 23.2. The van der Waals surface area contributed by atoms with Crippen molar-refractivity contribution in [3.05, 3.63) is 101 Å². The largest absolute Gasteiger partial charge is 0.504 e. The van der Waals surface area contributed by atoms with Crippen molar-refractivity contribution in [3.63, 3.8) is 0 Å². The van der Waals surface area contributed by atoms with Gasteiger partial charge >= 0.3 is 0 Å². The molecule has 1 N–H and O–H groups in total. The van der Waals surface area contributed by atoms with Gasteiger partial charge in [-0.25, -0.2) is 0 Å². The second-order valence-corrected chi connectivity index (χ2v) is 12.5. The van der Waals surface area contributed by atoms with Crippen LogP contribution in [0.15, 0.2) is 77.2 Å². The van der Waals surface area contributed by atoms with Gasteiger partial charge in [0.25, 0.3) is 0 Å². The van der Waals surface area contributed by atoms with Crippen molar-refractivity contribution >= 4 is 17.0 Å². The molecule has 3 heterocycles. The second-order valence-electron chi connectivity index (χ2n) is 12.5. The Labute approximate surface area is 234 Å². The molecule has 1 saturated carbocycles. The van der Waals surface area contributed by atoms with Gasteiger partial charge in [-0.2, -0.15) is 0 Å². The van der Waals surface area contributed by atoms with E-state index in [0.717, 1.165) is 60.6 Å². The zero-order chi connectivity index (χ0) is 26.5. The Morgan fingerprint density at radius 2 is 1.88 bits per heavy atom. The minimum absolute atomic E-state index is 0.219. The first-order chi connectivity index (χ1) is 19.7. The number of hydrogen-bond acceptors (Lipinski definition) is 5. The van der Waals surface area contributed by atoms with Gasteiger partial charge in [0.2, 0.25) is 0 Å². The Morgan fingerprint density at radius 1 is 1.02 bits per heavy atom. The molecule has 2 bridgehead atoms. The lowest BCUT2D eigenvalue weighted by atomic mass is 9.49. The van der Waals surface area contributed by atoms with Crippen molar-refractivity contribution in [2.75, 3.05) is 19.7 Å². The molecular weight excluding hydrogens is 498 g/mol. The summed E-state index contributed by atoms with van der Waals surface area (Å²) in [5.74, 6) is 2.57. The van der Waals surface area contributed by atoms with Crippen LogP contribution in [0.4, 0.5) is 0 Å². The number of hydrogen-bond donors (Lipinski definition) is 1. The Morgan fingerprint density at radius 3 is 2.75 bits per heavy atom. The van der Waals surface area contributed by atoms with Crippen LogP contribution in [0.3, 0.4) is 0 Å². The third-order valence-corrected chi connectivity index (χ3v) is 10.4. The Kier molecular flexibility index (Phi) is 4.78. The standard InChI is InChI=1S/C35H33NO4/c37-27-15-14-24-19-29-35(38-18-6-9-22-7-2-1-3-8-22)20-26-25-10-4-5-11-28(25)39-31(26)33-34(35,30(24)32(27)40-33)16-17-36(29)21-23-12-13-23/h1-11,14-15,23,29,33,37H,12-13,16-21H2/b9-6+/t29-,33+,34+,35-/m1/s1. The highest BCUT2D eigenvalue weighted by molar-refractivity contribution is 5.84. The van der Waals surface area contributed by atoms with Crippen LogP contribution in [-0.4, -0.2) is 41.3 Å². The first-order valence-electron chi connectivity index (χ1n) is 14.8. The van der Waals surface area contributed by atoms with E-state index >= 15 is 0 Å². The number of fused-ring (bicyclic) bond motifs is 4. The van der Waals surface area contributed by atoms with E-state index in [2.05, 4.69) is 65.6 Å². The maximum atomic E-state index is 11.1. The van der Waals surface area contributed by atoms with Crippen molar-refractivity contribution < 1.29 is 19.0 Å². The number of aromatic hydroxyl groups is 1. The number of nitrogens with zero attached hydrogens (tertiary/aromatic N) is 1. The molecule has 4 aromatic rings. The van der Waals surface area contributed by atoms with E-state index in [1.165, 1.54) is 29.5 Å². The van der Waals surface area contributed by atoms with Gasteiger partial charge in [0, 0.05) is 35.5 Å². The van der Waals surface area contributed by atoms with E-state index in [1.807, 2.05) is 18.2 Å². The van der Waals surface area contributed by atoms with Crippen LogP contribution in [0.5, 0.6) is 11.5 Å². The normalized spacial score (nSPS) is 29.9. The third kappa shape index (κ3) is 3.00. The molecule has 3 aromatic carbocycles. The molecule has 1 saturated heterocycles. The molecule has 4 atom stereocenters. The number of phenols is 1. The summed E-state index contributed by atoms with van der Waals surface area (Å²) in [6, 6.07) is 22.9. The van der Waals surface area contributed by atoms with Gasteiger partial charge in [0.1, 0.15) is 16.9 Å². The molecule has 1 spiro atoms. The van der Waals surface area contributed by atoms with E-state index in [-0.39, 0.29) is 17.9 Å². The second kappa shape index (κ2) is 8.25. The number of phenolic OH excluding ortho intramolecular Hbond substituents is 1. The molecule has 5 heteroatoms. The van der Waals surface area contributed by atoms with Gasteiger partial charge < -0.3 is 19.0 Å². The fourth-order valence-corrected chi connectivity index (χ4v) is 8.61. The van der Waals surface area contributed by atoms with E-state index in [4.69, 9.17) is 13.9 Å². The summed E-state index contributed by atoms with van der Waals surface area (Å²) in [6.07, 6.45) is 9.26. The summed E-state index contributed by atoms with van der Waals surface area (Å²) in [6.45, 7) is 2.67. The zero-order valence-electron chi connectivity index (χ0n) is 22.5. The Hall–Kier alpha value is -3.54. The maximum Gasteiger partial charge on any atom is 0.169 e. The van der Waals surface area contributed by atoms with Crippen LogP contribution in [0.1, 0.15) is 53.4 Å². The molecular formula is C35H33NO4. The monoisotopic (exact) mass is 531 g/mol.